The number of rotatable bonds is 11. The lowest BCUT2D eigenvalue weighted by Gasteiger charge is -2.33. The second-order valence-corrected chi connectivity index (χ2v) is 11.1. The van der Waals surface area contributed by atoms with E-state index in [-0.39, 0.29) is 18.4 Å². The van der Waals surface area contributed by atoms with E-state index in [0.29, 0.717) is 6.61 Å². The van der Waals surface area contributed by atoms with E-state index < -0.39 is 5.97 Å². The van der Waals surface area contributed by atoms with Crippen molar-refractivity contribution < 1.29 is 14.6 Å². The Labute approximate surface area is 231 Å². The maximum atomic E-state index is 11.7. The molecule has 1 saturated heterocycles. The molecule has 2 N–H and O–H groups in total. The summed E-state index contributed by atoms with van der Waals surface area (Å²) < 4.78 is 8.29. The van der Waals surface area contributed by atoms with E-state index in [1.807, 2.05) is 48.9 Å². The molecule has 2 atom stereocenters. The zero-order valence-corrected chi connectivity index (χ0v) is 23.2. The molecule has 1 aromatic carbocycles. The lowest BCUT2D eigenvalue weighted by molar-refractivity contribution is -0.138. The van der Waals surface area contributed by atoms with Crippen LogP contribution in [0.3, 0.4) is 0 Å². The van der Waals surface area contributed by atoms with Gasteiger partial charge >= 0.3 is 5.97 Å². The normalized spacial score (nSPS) is 18.4. The van der Waals surface area contributed by atoms with Crippen LogP contribution in [0.4, 0.5) is 5.82 Å². The number of anilines is 1. The van der Waals surface area contributed by atoms with E-state index in [0.717, 1.165) is 92.4 Å². The number of carboxylic acid groups (broad SMARTS) is 1. The average Bonchev–Trinajstić information content (AvgIpc) is 3.28. The van der Waals surface area contributed by atoms with Gasteiger partial charge in [-0.15, -0.1) is 0 Å². The summed E-state index contributed by atoms with van der Waals surface area (Å²) in [4.78, 5) is 19.0. The summed E-state index contributed by atoms with van der Waals surface area (Å²) in [6.45, 7) is 8.42. The predicted octanol–water partition coefficient (Wildman–Crippen LogP) is 4.91. The Morgan fingerprint density at radius 3 is 2.92 bits per heavy atom. The van der Waals surface area contributed by atoms with Crippen molar-refractivity contribution in [3.63, 3.8) is 0 Å². The fourth-order valence-electron chi connectivity index (χ4n) is 5.88. The van der Waals surface area contributed by atoms with Crippen LogP contribution in [0.15, 0.2) is 42.5 Å². The van der Waals surface area contributed by atoms with Crippen LogP contribution < -0.4 is 5.32 Å². The van der Waals surface area contributed by atoms with E-state index in [4.69, 9.17) is 9.72 Å². The second kappa shape index (κ2) is 12.7. The van der Waals surface area contributed by atoms with Crippen LogP contribution in [-0.4, -0.2) is 69.6 Å². The highest BCUT2D eigenvalue weighted by Crippen LogP contribution is 2.26. The highest BCUT2D eigenvalue weighted by molar-refractivity contribution is 5.68. The maximum Gasteiger partial charge on any atom is 0.304 e. The van der Waals surface area contributed by atoms with Crippen LogP contribution in [0, 0.1) is 13.8 Å². The number of fused-ring (bicyclic) bond motifs is 1. The molecule has 208 valence electrons. The molecule has 0 unspecified atom stereocenters. The zero-order chi connectivity index (χ0) is 27.2. The number of nitrogens with zero attached hydrogens (tertiary/aromatic N) is 4. The standard InChI is InChI=1S/C31H41N5O3/c1-22-17-23(2)36(34-22)28-10-3-7-25(18-28)26(19-30(37)38)21-39-29-11-6-16-35(20-29)15-5-9-27-13-12-24-8-4-14-32-31(24)33-27/h3,7,10,12-13,17-18,26,29H,4-6,8-9,11,14-16,19-21H2,1-2H3,(H,32,33)(H,37,38)/t26-,29-/m1/s1. The SMILES string of the molecule is Cc1cc(C)n(-c2cccc([C@@H](CO[C@@H]3CCCN(CCCc4ccc5c(n4)NCCC5)C3)CC(=O)O)c2)n1. The Kier molecular flexibility index (Phi) is 8.94. The van der Waals surface area contributed by atoms with Crippen LogP contribution in [-0.2, 0) is 22.4 Å². The van der Waals surface area contributed by atoms with Gasteiger partial charge in [-0.1, -0.05) is 18.2 Å². The molecule has 39 heavy (non-hydrogen) atoms. The molecule has 1 fully saturated rings. The van der Waals surface area contributed by atoms with Crippen molar-refractivity contribution in [2.24, 2.45) is 0 Å². The summed E-state index contributed by atoms with van der Waals surface area (Å²) in [6, 6.07) is 14.5. The summed E-state index contributed by atoms with van der Waals surface area (Å²) in [5, 5.41) is 17.6. The van der Waals surface area contributed by atoms with Gasteiger partial charge in [0.2, 0.25) is 0 Å². The third-order valence-corrected chi connectivity index (χ3v) is 7.87. The van der Waals surface area contributed by atoms with Gasteiger partial charge in [-0.25, -0.2) is 9.67 Å². The molecular weight excluding hydrogens is 490 g/mol. The number of ether oxygens (including phenoxy) is 1. The fraction of sp³-hybridized carbons (Fsp3) is 0.516. The first kappa shape index (κ1) is 27.3. The monoisotopic (exact) mass is 531 g/mol. The number of hydrogen-bond donors (Lipinski definition) is 2. The Morgan fingerprint density at radius 1 is 1.21 bits per heavy atom. The number of nitrogens with one attached hydrogen (secondary N) is 1. The topological polar surface area (TPSA) is 92.5 Å². The quantitative estimate of drug-likeness (QED) is 0.363. The molecule has 2 aromatic heterocycles. The van der Waals surface area contributed by atoms with Gasteiger partial charge in [-0.2, -0.15) is 5.10 Å². The maximum absolute atomic E-state index is 11.7. The fourth-order valence-corrected chi connectivity index (χ4v) is 5.88. The van der Waals surface area contributed by atoms with Crippen LogP contribution in [0.2, 0.25) is 0 Å². The van der Waals surface area contributed by atoms with Crippen LogP contribution in [0.25, 0.3) is 5.69 Å². The Balaban J connectivity index is 1.15. The van der Waals surface area contributed by atoms with Crippen LogP contribution in [0.1, 0.15) is 66.2 Å². The first-order valence-corrected chi connectivity index (χ1v) is 14.4. The molecule has 0 spiro atoms. The molecule has 0 saturated carbocycles. The van der Waals surface area contributed by atoms with Crippen molar-refractivity contribution in [3.05, 3.63) is 70.7 Å². The van der Waals surface area contributed by atoms with Gasteiger partial charge in [0.25, 0.3) is 0 Å². The van der Waals surface area contributed by atoms with E-state index in [9.17, 15) is 9.90 Å². The molecule has 5 rings (SSSR count). The number of hydrogen-bond acceptors (Lipinski definition) is 6. The Morgan fingerprint density at radius 2 is 2.10 bits per heavy atom. The predicted molar refractivity (Wildman–Crippen MR) is 153 cm³/mol. The summed E-state index contributed by atoms with van der Waals surface area (Å²) in [6.07, 6.45) is 6.62. The van der Waals surface area contributed by atoms with Crippen molar-refractivity contribution in [3.8, 4) is 5.69 Å². The van der Waals surface area contributed by atoms with Crippen molar-refractivity contribution in [2.75, 3.05) is 38.1 Å². The van der Waals surface area contributed by atoms with Gasteiger partial charge in [-0.3, -0.25) is 4.79 Å². The average molecular weight is 532 g/mol. The van der Waals surface area contributed by atoms with E-state index >= 15 is 0 Å². The van der Waals surface area contributed by atoms with Gasteiger partial charge < -0.3 is 20.1 Å². The molecule has 0 aliphatic carbocycles. The number of carbonyl (C=O) groups is 1. The van der Waals surface area contributed by atoms with Crippen molar-refractivity contribution in [1.82, 2.24) is 19.7 Å². The molecule has 0 amide bonds. The Hall–Kier alpha value is -3.23. The molecule has 8 heteroatoms. The lowest BCUT2D eigenvalue weighted by atomic mass is 9.96. The zero-order valence-electron chi connectivity index (χ0n) is 23.2. The molecule has 2 aliphatic heterocycles. The van der Waals surface area contributed by atoms with Gasteiger partial charge in [0.15, 0.2) is 0 Å². The van der Waals surface area contributed by atoms with Crippen molar-refractivity contribution in [2.45, 2.75) is 70.8 Å². The second-order valence-electron chi connectivity index (χ2n) is 11.1. The molecule has 2 aliphatic rings. The largest absolute Gasteiger partial charge is 0.481 e. The smallest absolute Gasteiger partial charge is 0.304 e. The third kappa shape index (κ3) is 7.25. The molecule has 8 nitrogen and oxygen atoms in total. The number of carboxylic acids is 1. The van der Waals surface area contributed by atoms with Crippen LogP contribution >= 0.6 is 0 Å². The van der Waals surface area contributed by atoms with Gasteiger partial charge in [0.1, 0.15) is 5.82 Å². The van der Waals surface area contributed by atoms with Crippen LogP contribution in [0.5, 0.6) is 0 Å². The van der Waals surface area contributed by atoms with E-state index in [1.54, 1.807) is 0 Å². The lowest BCUT2D eigenvalue weighted by Crippen LogP contribution is -2.40. The molecule has 3 aromatic rings. The molecule has 4 heterocycles. The first-order valence-electron chi connectivity index (χ1n) is 14.4. The number of aromatic nitrogens is 3. The Bertz CT molecular complexity index is 1270. The van der Waals surface area contributed by atoms with E-state index in [2.05, 4.69) is 27.4 Å². The van der Waals surface area contributed by atoms with Crippen molar-refractivity contribution >= 4 is 11.8 Å². The molecule has 0 radical (unpaired) electrons. The highest BCUT2D eigenvalue weighted by atomic mass is 16.5. The number of likely N-dealkylation sites (tertiary alicyclic amines) is 1. The summed E-state index contributed by atoms with van der Waals surface area (Å²) in [5.41, 5.74) is 6.43. The third-order valence-electron chi connectivity index (χ3n) is 7.87. The van der Waals surface area contributed by atoms with Gasteiger partial charge in [0, 0.05) is 30.4 Å². The molecule has 0 bridgehead atoms. The highest BCUT2D eigenvalue weighted by Gasteiger charge is 2.24. The first-order chi connectivity index (χ1) is 18.9. The number of aliphatic carboxylic acids is 1. The minimum absolute atomic E-state index is 0.0413. The minimum Gasteiger partial charge on any atom is -0.481 e. The number of benzene rings is 1. The summed E-state index contributed by atoms with van der Waals surface area (Å²) >= 11 is 0. The number of piperidine rings is 1. The van der Waals surface area contributed by atoms with Crippen molar-refractivity contribution in [1.29, 1.82) is 0 Å². The summed E-state index contributed by atoms with van der Waals surface area (Å²) in [7, 11) is 0. The summed E-state index contributed by atoms with van der Waals surface area (Å²) in [5.74, 6) is 0.0522. The minimum atomic E-state index is -0.809. The molecular formula is C31H41N5O3. The van der Waals surface area contributed by atoms with Gasteiger partial charge in [-0.05, 0) is 101 Å². The van der Waals surface area contributed by atoms with Gasteiger partial charge in [0.05, 0.1) is 30.5 Å². The number of pyridine rings is 1. The number of aryl methyl sites for hydroxylation is 4. The van der Waals surface area contributed by atoms with E-state index in [1.165, 1.54) is 12.0 Å².